The quantitative estimate of drug-likeness (QED) is 0.856. The first-order valence-corrected chi connectivity index (χ1v) is 6.25. The highest BCUT2D eigenvalue weighted by Crippen LogP contribution is 2.26. The zero-order valence-electron chi connectivity index (χ0n) is 10.0. The number of carbonyl (C=O) groups is 1. The number of hydrogen-bond donors (Lipinski definition) is 1. The summed E-state index contributed by atoms with van der Waals surface area (Å²) in [7, 11) is 0. The van der Waals surface area contributed by atoms with Gasteiger partial charge in [0.15, 0.2) is 0 Å². The third-order valence-electron chi connectivity index (χ3n) is 2.62. The Morgan fingerprint density at radius 1 is 1.16 bits per heavy atom. The van der Waals surface area contributed by atoms with Crippen LogP contribution in [-0.4, -0.2) is 5.91 Å². The van der Waals surface area contributed by atoms with Crippen LogP contribution in [0.4, 0.5) is 10.1 Å². The van der Waals surface area contributed by atoms with Crippen molar-refractivity contribution in [3.63, 3.8) is 0 Å². The van der Waals surface area contributed by atoms with Crippen LogP contribution in [0.2, 0.25) is 10.0 Å². The van der Waals surface area contributed by atoms with Crippen LogP contribution in [-0.2, 0) is 0 Å². The van der Waals surface area contributed by atoms with Crippen LogP contribution >= 0.6 is 23.2 Å². The van der Waals surface area contributed by atoms with Crippen molar-refractivity contribution < 1.29 is 9.18 Å². The van der Waals surface area contributed by atoms with Gasteiger partial charge in [-0.05, 0) is 42.8 Å². The highest BCUT2D eigenvalue weighted by atomic mass is 35.5. The lowest BCUT2D eigenvalue weighted by molar-refractivity contribution is 0.102. The molecule has 0 aliphatic heterocycles. The molecule has 0 spiro atoms. The van der Waals surface area contributed by atoms with E-state index in [1.54, 1.807) is 25.1 Å². The van der Waals surface area contributed by atoms with E-state index in [-0.39, 0.29) is 5.56 Å². The van der Waals surface area contributed by atoms with E-state index in [0.29, 0.717) is 21.3 Å². The molecule has 0 radical (unpaired) electrons. The Bertz CT molecular complexity index is 643. The molecule has 1 N–H and O–H groups in total. The highest BCUT2D eigenvalue weighted by Gasteiger charge is 2.12. The third-order valence-corrected chi connectivity index (χ3v) is 3.17. The average molecular weight is 298 g/mol. The van der Waals surface area contributed by atoms with E-state index >= 15 is 0 Å². The summed E-state index contributed by atoms with van der Waals surface area (Å²) < 4.78 is 13.2. The molecule has 0 saturated carbocycles. The maximum atomic E-state index is 13.2. The highest BCUT2D eigenvalue weighted by molar-refractivity contribution is 6.36. The SMILES string of the molecule is Cc1ccc(F)cc1C(=O)Nc1ccc(Cl)cc1Cl. The Hall–Kier alpha value is -1.58. The summed E-state index contributed by atoms with van der Waals surface area (Å²) in [5.74, 6) is -0.876. The number of benzene rings is 2. The van der Waals surface area contributed by atoms with E-state index in [9.17, 15) is 9.18 Å². The lowest BCUT2D eigenvalue weighted by Crippen LogP contribution is -2.14. The van der Waals surface area contributed by atoms with E-state index in [1.165, 1.54) is 18.2 Å². The van der Waals surface area contributed by atoms with Crippen LogP contribution in [0.1, 0.15) is 15.9 Å². The molecule has 0 bridgehead atoms. The van der Waals surface area contributed by atoms with Crippen molar-refractivity contribution in [1.82, 2.24) is 0 Å². The maximum Gasteiger partial charge on any atom is 0.256 e. The number of hydrogen-bond acceptors (Lipinski definition) is 1. The van der Waals surface area contributed by atoms with Gasteiger partial charge in [0.2, 0.25) is 0 Å². The summed E-state index contributed by atoms with van der Waals surface area (Å²) in [5, 5.41) is 3.43. The lowest BCUT2D eigenvalue weighted by atomic mass is 10.1. The Kier molecular flexibility index (Phi) is 4.08. The molecule has 1 amide bonds. The molecule has 5 heteroatoms. The fourth-order valence-electron chi connectivity index (χ4n) is 1.62. The van der Waals surface area contributed by atoms with Gasteiger partial charge in [-0.3, -0.25) is 4.79 Å². The van der Waals surface area contributed by atoms with Crippen LogP contribution in [0.3, 0.4) is 0 Å². The molecule has 0 fully saturated rings. The number of carbonyl (C=O) groups excluding carboxylic acids is 1. The van der Waals surface area contributed by atoms with Crippen LogP contribution in [0.25, 0.3) is 0 Å². The fourth-order valence-corrected chi connectivity index (χ4v) is 2.08. The van der Waals surface area contributed by atoms with Gasteiger partial charge in [0.1, 0.15) is 5.82 Å². The molecule has 0 saturated heterocycles. The second-order valence-electron chi connectivity index (χ2n) is 4.04. The molecule has 0 heterocycles. The summed E-state index contributed by atoms with van der Waals surface area (Å²) in [6.07, 6.45) is 0. The molecule has 0 aromatic heterocycles. The lowest BCUT2D eigenvalue weighted by Gasteiger charge is -2.09. The van der Waals surface area contributed by atoms with Gasteiger partial charge in [-0.1, -0.05) is 29.3 Å². The van der Waals surface area contributed by atoms with Gasteiger partial charge < -0.3 is 5.32 Å². The molecular formula is C14H10Cl2FNO. The van der Waals surface area contributed by atoms with Gasteiger partial charge in [0, 0.05) is 10.6 Å². The number of amides is 1. The van der Waals surface area contributed by atoms with Gasteiger partial charge >= 0.3 is 0 Å². The van der Waals surface area contributed by atoms with Gasteiger partial charge in [0.05, 0.1) is 10.7 Å². The first kappa shape index (κ1) is 13.8. The van der Waals surface area contributed by atoms with Crippen LogP contribution in [0, 0.1) is 12.7 Å². The Balaban J connectivity index is 2.28. The molecule has 19 heavy (non-hydrogen) atoms. The summed E-state index contributed by atoms with van der Waals surface area (Å²) in [5.41, 5.74) is 1.38. The topological polar surface area (TPSA) is 29.1 Å². The monoisotopic (exact) mass is 297 g/mol. The maximum absolute atomic E-state index is 13.2. The molecule has 2 rings (SSSR count). The predicted molar refractivity (Wildman–Crippen MR) is 75.6 cm³/mol. The molecule has 98 valence electrons. The zero-order valence-corrected chi connectivity index (χ0v) is 11.5. The number of nitrogens with one attached hydrogen (secondary N) is 1. The number of rotatable bonds is 2. The number of aryl methyl sites for hydroxylation is 1. The summed E-state index contributed by atoms with van der Waals surface area (Å²) in [4.78, 5) is 12.1. The fraction of sp³-hybridized carbons (Fsp3) is 0.0714. The van der Waals surface area contributed by atoms with Crippen LogP contribution < -0.4 is 5.32 Å². The first-order chi connectivity index (χ1) is 8.97. The summed E-state index contributed by atoms with van der Waals surface area (Å²) >= 11 is 11.7. The van der Waals surface area contributed by atoms with Crippen molar-refractivity contribution in [3.05, 3.63) is 63.4 Å². The molecule has 0 aliphatic rings. The van der Waals surface area contributed by atoms with Crippen molar-refractivity contribution in [2.45, 2.75) is 6.92 Å². The van der Waals surface area contributed by atoms with E-state index in [4.69, 9.17) is 23.2 Å². The minimum absolute atomic E-state index is 0.269. The minimum atomic E-state index is -0.460. The number of halogens is 3. The van der Waals surface area contributed by atoms with Crippen molar-refractivity contribution in [2.24, 2.45) is 0 Å². The molecular weight excluding hydrogens is 288 g/mol. The van der Waals surface area contributed by atoms with Crippen LogP contribution in [0.15, 0.2) is 36.4 Å². The largest absolute Gasteiger partial charge is 0.321 e. The van der Waals surface area contributed by atoms with E-state index in [2.05, 4.69) is 5.32 Å². The van der Waals surface area contributed by atoms with Gasteiger partial charge in [-0.25, -0.2) is 4.39 Å². The predicted octanol–water partition coefficient (Wildman–Crippen LogP) is 4.69. The smallest absolute Gasteiger partial charge is 0.256 e. The summed E-state index contributed by atoms with van der Waals surface area (Å²) in [6.45, 7) is 1.73. The van der Waals surface area contributed by atoms with E-state index in [0.717, 1.165) is 0 Å². The average Bonchev–Trinajstić information content (AvgIpc) is 2.35. The zero-order chi connectivity index (χ0) is 14.0. The molecule has 0 unspecified atom stereocenters. The second-order valence-corrected chi connectivity index (χ2v) is 4.88. The van der Waals surface area contributed by atoms with Crippen molar-refractivity contribution >= 4 is 34.8 Å². The first-order valence-electron chi connectivity index (χ1n) is 5.50. The van der Waals surface area contributed by atoms with Crippen molar-refractivity contribution in [2.75, 3.05) is 5.32 Å². The minimum Gasteiger partial charge on any atom is -0.321 e. The van der Waals surface area contributed by atoms with Gasteiger partial charge in [-0.2, -0.15) is 0 Å². The van der Waals surface area contributed by atoms with Gasteiger partial charge in [-0.15, -0.1) is 0 Å². The van der Waals surface area contributed by atoms with Crippen LogP contribution in [0.5, 0.6) is 0 Å². The van der Waals surface area contributed by atoms with Gasteiger partial charge in [0.25, 0.3) is 5.91 Å². The van der Waals surface area contributed by atoms with Crippen molar-refractivity contribution in [3.8, 4) is 0 Å². The molecule has 2 nitrogen and oxygen atoms in total. The van der Waals surface area contributed by atoms with E-state index in [1.807, 2.05) is 0 Å². The normalized spacial score (nSPS) is 10.3. The standard InChI is InChI=1S/C14H10Cl2FNO/c1-8-2-4-10(17)7-11(8)14(19)18-13-5-3-9(15)6-12(13)16/h2-7H,1H3,(H,18,19). The second kappa shape index (κ2) is 5.59. The molecule has 2 aromatic carbocycles. The Labute approximate surface area is 120 Å². The molecule has 2 aromatic rings. The Morgan fingerprint density at radius 3 is 2.58 bits per heavy atom. The molecule has 0 atom stereocenters. The van der Waals surface area contributed by atoms with Crippen molar-refractivity contribution in [1.29, 1.82) is 0 Å². The summed E-state index contributed by atoms with van der Waals surface area (Å²) in [6, 6.07) is 8.78. The number of anilines is 1. The van der Waals surface area contributed by atoms with E-state index < -0.39 is 11.7 Å². The molecule has 0 aliphatic carbocycles. The third kappa shape index (κ3) is 3.25. The Morgan fingerprint density at radius 2 is 1.89 bits per heavy atom.